The minimum Gasteiger partial charge on any atom is -0.481 e. The molecule has 1 amide bonds. The van der Waals surface area contributed by atoms with Crippen molar-refractivity contribution in [3.63, 3.8) is 0 Å². The summed E-state index contributed by atoms with van der Waals surface area (Å²) >= 11 is 0. The molecule has 0 aliphatic heterocycles. The van der Waals surface area contributed by atoms with E-state index < -0.39 is 27.9 Å². The monoisotopic (exact) mass is 366 g/mol. The number of sulfonamides is 1. The molecular weight excluding hydrogens is 347 g/mol. The third kappa shape index (κ3) is 4.77. The van der Waals surface area contributed by atoms with E-state index in [1.165, 1.54) is 63.5 Å². The quantitative estimate of drug-likeness (QED) is 0.852. The Morgan fingerprint density at radius 1 is 1.16 bits per heavy atom. The van der Waals surface area contributed by atoms with Crippen LogP contribution in [0.2, 0.25) is 0 Å². The molecule has 0 radical (unpaired) electrons. The minimum absolute atomic E-state index is 0.0639. The molecule has 1 N–H and O–H groups in total. The van der Waals surface area contributed by atoms with Crippen LogP contribution in [0.4, 0.5) is 10.1 Å². The minimum atomic E-state index is -3.60. The maximum atomic E-state index is 13.1. The maximum absolute atomic E-state index is 13.1. The zero-order chi connectivity index (χ0) is 18.6. The number of amides is 1. The van der Waals surface area contributed by atoms with Gasteiger partial charge in [-0.3, -0.25) is 4.79 Å². The average Bonchev–Trinajstić information content (AvgIpc) is 2.54. The van der Waals surface area contributed by atoms with Crippen molar-refractivity contribution in [1.82, 2.24) is 4.31 Å². The van der Waals surface area contributed by atoms with Gasteiger partial charge in [0.1, 0.15) is 11.6 Å². The van der Waals surface area contributed by atoms with E-state index in [1.54, 1.807) is 6.07 Å². The van der Waals surface area contributed by atoms with Crippen LogP contribution in [0.3, 0.4) is 0 Å². The SMILES string of the molecule is CC(Oc1cccc(F)c1)C(=O)Nc1cccc(S(=O)(=O)N(C)C)c1. The number of halogens is 1. The number of hydrogen-bond donors (Lipinski definition) is 1. The molecule has 0 saturated carbocycles. The van der Waals surface area contributed by atoms with Crippen molar-refractivity contribution in [2.45, 2.75) is 17.9 Å². The Morgan fingerprint density at radius 3 is 2.48 bits per heavy atom. The van der Waals surface area contributed by atoms with Crippen LogP contribution in [0.5, 0.6) is 5.75 Å². The summed E-state index contributed by atoms with van der Waals surface area (Å²) in [4.78, 5) is 12.3. The molecule has 2 rings (SSSR count). The van der Waals surface area contributed by atoms with Crippen LogP contribution >= 0.6 is 0 Å². The number of benzene rings is 2. The van der Waals surface area contributed by atoms with Crippen LogP contribution in [0.15, 0.2) is 53.4 Å². The standard InChI is InChI=1S/C17H19FN2O4S/c1-12(24-15-8-4-6-13(18)10-15)17(21)19-14-7-5-9-16(11-14)25(22,23)20(2)3/h4-12H,1-3H3,(H,19,21). The first-order valence-electron chi connectivity index (χ1n) is 7.46. The van der Waals surface area contributed by atoms with Gasteiger partial charge in [0.2, 0.25) is 10.0 Å². The number of carbonyl (C=O) groups is 1. The number of hydrogen-bond acceptors (Lipinski definition) is 4. The topological polar surface area (TPSA) is 75.7 Å². The highest BCUT2D eigenvalue weighted by Crippen LogP contribution is 2.19. The summed E-state index contributed by atoms with van der Waals surface area (Å²) in [7, 11) is -0.747. The Balaban J connectivity index is 2.10. The lowest BCUT2D eigenvalue weighted by atomic mass is 10.3. The Kier molecular flexibility index (Phi) is 5.76. The van der Waals surface area contributed by atoms with E-state index in [2.05, 4.69) is 5.32 Å². The van der Waals surface area contributed by atoms with Crippen LogP contribution in [0.25, 0.3) is 0 Å². The summed E-state index contributed by atoms with van der Waals surface area (Å²) in [6.45, 7) is 1.51. The fourth-order valence-corrected chi connectivity index (χ4v) is 2.94. The average molecular weight is 366 g/mol. The van der Waals surface area contributed by atoms with Crippen molar-refractivity contribution in [2.75, 3.05) is 19.4 Å². The molecule has 8 heteroatoms. The van der Waals surface area contributed by atoms with Gasteiger partial charge in [-0.05, 0) is 37.3 Å². The number of rotatable bonds is 6. The van der Waals surface area contributed by atoms with Crippen molar-refractivity contribution >= 4 is 21.6 Å². The van der Waals surface area contributed by atoms with E-state index in [1.807, 2.05) is 0 Å². The molecule has 0 bridgehead atoms. The van der Waals surface area contributed by atoms with Gasteiger partial charge in [0.05, 0.1) is 4.90 Å². The Bertz CT molecular complexity index is 868. The second-order valence-corrected chi connectivity index (χ2v) is 7.67. The number of nitrogens with one attached hydrogen (secondary N) is 1. The van der Waals surface area contributed by atoms with Gasteiger partial charge < -0.3 is 10.1 Å². The molecule has 6 nitrogen and oxygen atoms in total. The number of nitrogens with zero attached hydrogens (tertiary/aromatic N) is 1. The molecule has 0 aliphatic rings. The van der Waals surface area contributed by atoms with E-state index in [4.69, 9.17) is 4.74 Å². The second-order valence-electron chi connectivity index (χ2n) is 5.52. The predicted octanol–water partition coefficient (Wildman–Crippen LogP) is 2.48. The zero-order valence-corrected chi connectivity index (χ0v) is 14.9. The highest BCUT2D eigenvalue weighted by Gasteiger charge is 2.19. The lowest BCUT2D eigenvalue weighted by Gasteiger charge is -2.16. The highest BCUT2D eigenvalue weighted by molar-refractivity contribution is 7.89. The van der Waals surface area contributed by atoms with Gasteiger partial charge >= 0.3 is 0 Å². The first kappa shape index (κ1) is 18.9. The first-order chi connectivity index (χ1) is 11.7. The molecule has 2 aromatic rings. The summed E-state index contributed by atoms with van der Waals surface area (Å²) in [5.41, 5.74) is 0.322. The van der Waals surface area contributed by atoms with E-state index in [-0.39, 0.29) is 10.6 Å². The van der Waals surface area contributed by atoms with E-state index in [9.17, 15) is 17.6 Å². The van der Waals surface area contributed by atoms with Crippen molar-refractivity contribution in [1.29, 1.82) is 0 Å². The summed E-state index contributed by atoms with van der Waals surface area (Å²) < 4.78 is 43.9. The van der Waals surface area contributed by atoms with Crippen LogP contribution in [0.1, 0.15) is 6.92 Å². The second kappa shape index (κ2) is 7.62. The largest absolute Gasteiger partial charge is 0.481 e. The van der Waals surface area contributed by atoms with Crippen LogP contribution < -0.4 is 10.1 Å². The number of anilines is 1. The van der Waals surface area contributed by atoms with Crippen molar-refractivity contribution in [3.05, 3.63) is 54.3 Å². The van der Waals surface area contributed by atoms with E-state index in [0.29, 0.717) is 5.69 Å². The van der Waals surface area contributed by atoms with Gasteiger partial charge in [-0.2, -0.15) is 0 Å². The molecule has 1 atom stereocenters. The van der Waals surface area contributed by atoms with Crippen LogP contribution in [0, 0.1) is 5.82 Å². The van der Waals surface area contributed by atoms with Crippen molar-refractivity contribution in [2.24, 2.45) is 0 Å². The summed E-state index contributed by atoms with van der Waals surface area (Å²) in [5.74, 6) is -0.720. The smallest absolute Gasteiger partial charge is 0.265 e. The molecule has 0 aromatic heterocycles. The van der Waals surface area contributed by atoms with Crippen LogP contribution in [-0.4, -0.2) is 38.8 Å². The molecule has 0 heterocycles. The normalized spacial score (nSPS) is 12.7. The van der Waals surface area contributed by atoms with Gasteiger partial charge in [-0.25, -0.2) is 17.1 Å². The van der Waals surface area contributed by atoms with Gasteiger partial charge in [0.15, 0.2) is 6.10 Å². The lowest BCUT2D eigenvalue weighted by molar-refractivity contribution is -0.122. The van der Waals surface area contributed by atoms with Crippen molar-refractivity contribution < 1.29 is 22.3 Å². The molecular formula is C17H19FN2O4S. The van der Waals surface area contributed by atoms with Crippen LogP contribution in [-0.2, 0) is 14.8 Å². The third-order valence-electron chi connectivity index (χ3n) is 3.36. The maximum Gasteiger partial charge on any atom is 0.265 e. The van der Waals surface area contributed by atoms with Gasteiger partial charge in [0.25, 0.3) is 5.91 Å². The predicted molar refractivity (Wildman–Crippen MR) is 92.4 cm³/mol. The molecule has 0 fully saturated rings. The fraction of sp³-hybridized carbons (Fsp3) is 0.235. The van der Waals surface area contributed by atoms with E-state index >= 15 is 0 Å². The van der Waals surface area contributed by atoms with Gasteiger partial charge in [-0.1, -0.05) is 12.1 Å². The van der Waals surface area contributed by atoms with E-state index in [0.717, 1.165) is 4.31 Å². The lowest BCUT2D eigenvalue weighted by Crippen LogP contribution is -2.30. The Labute approximate surface area is 146 Å². The van der Waals surface area contributed by atoms with Crippen molar-refractivity contribution in [3.8, 4) is 5.75 Å². The highest BCUT2D eigenvalue weighted by atomic mass is 32.2. The molecule has 134 valence electrons. The Morgan fingerprint density at radius 2 is 1.84 bits per heavy atom. The summed E-state index contributed by atoms with van der Waals surface area (Å²) in [6, 6.07) is 11.4. The first-order valence-corrected chi connectivity index (χ1v) is 8.90. The molecule has 25 heavy (non-hydrogen) atoms. The molecule has 0 saturated heterocycles. The third-order valence-corrected chi connectivity index (χ3v) is 5.17. The fourth-order valence-electron chi connectivity index (χ4n) is 1.99. The Hall–Kier alpha value is -2.45. The zero-order valence-electron chi connectivity index (χ0n) is 14.1. The molecule has 0 spiro atoms. The summed E-state index contributed by atoms with van der Waals surface area (Å²) in [6.07, 6.45) is -0.893. The van der Waals surface area contributed by atoms with Gasteiger partial charge in [0, 0.05) is 25.8 Å². The summed E-state index contributed by atoms with van der Waals surface area (Å²) in [5, 5.41) is 2.59. The van der Waals surface area contributed by atoms with Gasteiger partial charge in [-0.15, -0.1) is 0 Å². The molecule has 0 aliphatic carbocycles. The molecule has 2 aromatic carbocycles. The number of carbonyl (C=O) groups excluding carboxylic acids is 1. The number of ether oxygens (including phenoxy) is 1. The molecule has 1 unspecified atom stereocenters.